The summed E-state index contributed by atoms with van der Waals surface area (Å²) in [7, 11) is 13.9. The molecule has 4 nitrogen and oxygen atoms in total. The normalized spacial score (nSPS) is 20.1. The summed E-state index contributed by atoms with van der Waals surface area (Å²) in [5.41, 5.74) is 0.698. The van der Waals surface area contributed by atoms with Crippen LogP contribution in [0.2, 0.25) is 0 Å². The quantitative estimate of drug-likeness (QED) is 0.751. The standard InChI is InChI=1S/C14H16B2FN3O/c1-19(10-5-6-10)13(21)11-3-2-4-12(18-11)14(15,16)20-7-9(17)8-20/h2-4,9-10H,5-8H2,1H3. The third-order valence-corrected chi connectivity index (χ3v) is 4.15. The van der Waals surface area contributed by atoms with Gasteiger partial charge in [0.15, 0.2) is 0 Å². The molecule has 2 heterocycles. The van der Waals surface area contributed by atoms with E-state index in [4.69, 9.17) is 15.7 Å². The first-order chi connectivity index (χ1) is 9.89. The minimum atomic E-state index is -1.35. The van der Waals surface area contributed by atoms with Gasteiger partial charge in [0, 0.05) is 31.9 Å². The molecule has 0 spiro atoms. The van der Waals surface area contributed by atoms with Crippen molar-refractivity contribution in [3.63, 3.8) is 0 Å². The van der Waals surface area contributed by atoms with E-state index in [2.05, 4.69) is 4.98 Å². The van der Waals surface area contributed by atoms with E-state index in [1.807, 2.05) is 0 Å². The summed E-state index contributed by atoms with van der Waals surface area (Å²) in [6.45, 7) is 0.379. The van der Waals surface area contributed by atoms with Crippen molar-refractivity contribution in [3.8, 4) is 0 Å². The van der Waals surface area contributed by atoms with Gasteiger partial charge < -0.3 is 9.80 Å². The fourth-order valence-electron chi connectivity index (χ4n) is 2.47. The monoisotopic (exact) mass is 283 g/mol. The summed E-state index contributed by atoms with van der Waals surface area (Å²) in [6, 6.07) is 5.33. The van der Waals surface area contributed by atoms with Crippen LogP contribution >= 0.6 is 0 Å². The molecule has 4 radical (unpaired) electrons. The van der Waals surface area contributed by atoms with E-state index in [0.717, 1.165) is 12.8 Å². The van der Waals surface area contributed by atoms with E-state index >= 15 is 0 Å². The van der Waals surface area contributed by atoms with Crippen LogP contribution in [-0.4, -0.2) is 68.7 Å². The molecular formula is C14H16B2FN3O. The van der Waals surface area contributed by atoms with Crippen molar-refractivity contribution in [1.29, 1.82) is 0 Å². The van der Waals surface area contributed by atoms with Gasteiger partial charge in [-0.2, -0.15) is 0 Å². The zero-order valence-corrected chi connectivity index (χ0v) is 12.0. The Bertz CT molecular complexity index is 559. The van der Waals surface area contributed by atoms with Gasteiger partial charge in [0.1, 0.15) is 11.9 Å². The van der Waals surface area contributed by atoms with Crippen LogP contribution in [0.4, 0.5) is 4.39 Å². The minimum absolute atomic E-state index is 0.137. The molecule has 7 heteroatoms. The van der Waals surface area contributed by atoms with Crippen LogP contribution in [0.1, 0.15) is 29.0 Å². The van der Waals surface area contributed by atoms with Crippen molar-refractivity contribution >= 4 is 21.6 Å². The van der Waals surface area contributed by atoms with Gasteiger partial charge in [-0.15, -0.1) is 0 Å². The number of nitrogens with zero attached hydrogens (tertiary/aromatic N) is 3. The number of carbonyl (C=O) groups is 1. The summed E-state index contributed by atoms with van der Waals surface area (Å²) in [5.74, 6) is -0.137. The highest BCUT2D eigenvalue weighted by molar-refractivity contribution is 6.39. The Morgan fingerprint density at radius 2 is 2.10 bits per heavy atom. The molecule has 2 fully saturated rings. The molecule has 1 aliphatic carbocycles. The lowest BCUT2D eigenvalue weighted by molar-refractivity contribution is 0.0363. The fraction of sp³-hybridized carbons (Fsp3) is 0.571. The summed E-state index contributed by atoms with van der Waals surface area (Å²) in [5, 5.41) is -1.35. The first-order valence-corrected chi connectivity index (χ1v) is 7.11. The number of carbonyl (C=O) groups excluding carboxylic acids is 1. The number of aromatic nitrogens is 1. The maximum atomic E-state index is 13.0. The number of rotatable bonds is 4. The molecule has 1 amide bonds. The molecule has 0 N–H and O–H groups in total. The Morgan fingerprint density at radius 1 is 1.43 bits per heavy atom. The van der Waals surface area contributed by atoms with Gasteiger partial charge in [-0.05, 0) is 30.3 Å². The highest BCUT2D eigenvalue weighted by Gasteiger charge is 2.39. The second-order valence-electron chi connectivity index (χ2n) is 5.88. The average molecular weight is 283 g/mol. The molecule has 0 unspecified atom stereocenters. The Morgan fingerprint density at radius 3 is 2.67 bits per heavy atom. The van der Waals surface area contributed by atoms with Crippen molar-refractivity contribution in [3.05, 3.63) is 29.6 Å². The van der Waals surface area contributed by atoms with E-state index in [0.29, 0.717) is 17.4 Å². The smallest absolute Gasteiger partial charge is 0.272 e. The highest BCUT2D eigenvalue weighted by Crippen LogP contribution is 2.28. The van der Waals surface area contributed by atoms with Gasteiger partial charge in [0.05, 0.1) is 15.7 Å². The number of hydrogen-bond donors (Lipinski definition) is 0. The SMILES string of the molecule is [B]C([B])(c1cccc(C(=O)N(C)C2CC2)n1)N1CC(F)C1. The number of pyridine rings is 1. The Hall–Kier alpha value is -1.36. The van der Waals surface area contributed by atoms with E-state index in [-0.39, 0.29) is 19.0 Å². The van der Waals surface area contributed by atoms with E-state index in [1.165, 1.54) is 0 Å². The largest absolute Gasteiger partial charge is 0.337 e. The van der Waals surface area contributed by atoms with Gasteiger partial charge >= 0.3 is 0 Å². The van der Waals surface area contributed by atoms with Gasteiger partial charge in [0.2, 0.25) is 0 Å². The van der Waals surface area contributed by atoms with Crippen LogP contribution in [0.25, 0.3) is 0 Å². The summed E-state index contributed by atoms with van der Waals surface area (Å²) >= 11 is 0. The van der Waals surface area contributed by atoms with Crippen LogP contribution in [-0.2, 0) is 5.34 Å². The van der Waals surface area contributed by atoms with Crippen LogP contribution in [0, 0.1) is 0 Å². The van der Waals surface area contributed by atoms with Crippen LogP contribution in [0.3, 0.4) is 0 Å². The summed E-state index contributed by atoms with van der Waals surface area (Å²) in [4.78, 5) is 19.9. The van der Waals surface area contributed by atoms with Crippen molar-refractivity contribution in [2.45, 2.75) is 30.4 Å². The lowest BCUT2D eigenvalue weighted by Gasteiger charge is -2.47. The maximum Gasteiger partial charge on any atom is 0.272 e. The topological polar surface area (TPSA) is 36.4 Å². The molecule has 0 atom stereocenters. The molecule has 1 aromatic heterocycles. The number of halogens is 1. The number of likely N-dealkylation sites (tertiary alicyclic amines) is 1. The minimum Gasteiger partial charge on any atom is -0.337 e. The average Bonchev–Trinajstić information content (AvgIpc) is 3.27. The number of amides is 1. The van der Waals surface area contributed by atoms with Crippen LogP contribution in [0.15, 0.2) is 18.2 Å². The molecule has 1 aromatic rings. The molecule has 3 rings (SSSR count). The fourth-order valence-corrected chi connectivity index (χ4v) is 2.47. The first kappa shape index (κ1) is 14.6. The molecule has 106 valence electrons. The molecule has 1 aliphatic heterocycles. The Kier molecular flexibility index (Phi) is 3.56. The van der Waals surface area contributed by atoms with Crippen molar-refractivity contribution in [1.82, 2.24) is 14.8 Å². The Labute approximate surface area is 126 Å². The van der Waals surface area contributed by atoms with Crippen molar-refractivity contribution in [2.24, 2.45) is 0 Å². The van der Waals surface area contributed by atoms with Gasteiger partial charge in [0.25, 0.3) is 5.91 Å². The maximum absolute atomic E-state index is 13.0. The van der Waals surface area contributed by atoms with Gasteiger partial charge in [-0.25, -0.2) is 9.37 Å². The molecule has 1 saturated carbocycles. The van der Waals surface area contributed by atoms with Gasteiger partial charge in [-0.1, -0.05) is 6.07 Å². The third kappa shape index (κ3) is 2.71. The van der Waals surface area contributed by atoms with E-state index in [1.54, 1.807) is 35.0 Å². The zero-order valence-electron chi connectivity index (χ0n) is 12.0. The predicted octanol–water partition coefficient (Wildman–Crippen LogP) is 0.417. The zero-order chi connectivity index (χ0) is 15.2. The molecule has 2 aliphatic rings. The number of alkyl halides is 1. The first-order valence-electron chi connectivity index (χ1n) is 7.11. The highest BCUT2D eigenvalue weighted by atomic mass is 19.1. The third-order valence-electron chi connectivity index (χ3n) is 4.15. The second kappa shape index (κ2) is 5.13. The van der Waals surface area contributed by atoms with E-state index < -0.39 is 11.5 Å². The number of hydrogen-bond acceptors (Lipinski definition) is 3. The summed E-state index contributed by atoms with van der Waals surface area (Å²) < 4.78 is 13.0. The lowest BCUT2D eigenvalue weighted by Crippen LogP contribution is -2.60. The molecule has 0 aromatic carbocycles. The Balaban J connectivity index is 1.80. The van der Waals surface area contributed by atoms with Gasteiger partial charge in [-0.3, -0.25) is 4.79 Å². The van der Waals surface area contributed by atoms with Crippen molar-refractivity contribution in [2.75, 3.05) is 20.1 Å². The molecular weight excluding hydrogens is 267 g/mol. The van der Waals surface area contributed by atoms with Crippen LogP contribution in [0.5, 0.6) is 0 Å². The molecule has 0 bridgehead atoms. The van der Waals surface area contributed by atoms with Crippen LogP contribution < -0.4 is 0 Å². The molecule has 21 heavy (non-hydrogen) atoms. The lowest BCUT2D eigenvalue weighted by atomic mass is 9.57. The molecule has 1 saturated heterocycles. The van der Waals surface area contributed by atoms with Crippen molar-refractivity contribution < 1.29 is 9.18 Å². The summed E-state index contributed by atoms with van der Waals surface area (Å²) in [6.07, 6.45) is 1.17. The second-order valence-corrected chi connectivity index (χ2v) is 5.88. The van der Waals surface area contributed by atoms with E-state index in [9.17, 15) is 9.18 Å². The predicted molar refractivity (Wildman–Crippen MR) is 79.0 cm³/mol.